The summed E-state index contributed by atoms with van der Waals surface area (Å²) in [7, 11) is 1.62. The average Bonchev–Trinajstić information content (AvgIpc) is 3.22. The molecule has 0 saturated carbocycles. The number of nitrogens with one attached hydrogen (secondary N) is 2. The van der Waals surface area contributed by atoms with Gasteiger partial charge >= 0.3 is 6.03 Å². The topological polar surface area (TPSA) is 68.8 Å². The number of fused-ring (bicyclic) bond motifs is 1. The molecular formula is C24H23FN2O4. The van der Waals surface area contributed by atoms with Crippen LogP contribution >= 0.6 is 0 Å². The zero-order chi connectivity index (χ0) is 21.6. The fourth-order valence-electron chi connectivity index (χ4n) is 3.49. The minimum absolute atomic E-state index is 0.206. The third-order valence-electron chi connectivity index (χ3n) is 4.98. The lowest BCUT2D eigenvalue weighted by Gasteiger charge is -2.20. The second-order valence-corrected chi connectivity index (χ2v) is 7.25. The van der Waals surface area contributed by atoms with Gasteiger partial charge in [0.25, 0.3) is 0 Å². The normalized spacial score (nSPS) is 12.8. The van der Waals surface area contributed by atoms with Crippen LogP contribution in [-0.4, -0.2) is 26.0 Å². The highest BCUT2D eigenvalue weighted by atomic mass is 19.1. The SMILES string of the molecule is COc1ccc(C[C@@H](Cc2ccc3c(c2)OCO3)NC(=O)Nc2cccc(F)c2)cc1. The molecule has 160 valence electrons. The maximum Gasteiger partial charge on any atom is 0.319 e. The van der Waals surface area contributed by atoms with E-state index < -0.39 is 11.8 Å². The van der Waals surface area contributed by atoms with E-state index in [0.717, 1.165) is 16.9 Å². The number of anilines is 1. The fraction of sp³-hybridized carbons (Fsp3) is 0.208. The van der Waals surface area contributed by atoms with Crippen molar-refractivity contribution < 1.29 is 23.4 Å². The van der Waals surface area contributed by atoms with Gasteiger partial charge in [-0.2, -0.15) is 0 Å². The van der Waals surface area contributed by atoms with Crippen molar-refractivity contribution in [2.75, 3.05) is 19.2 Å². The number of halogens is 1. The van der Waals surface area contributed by atoms with Crippen LogP contribution in [0.25, 0.3) is 0 Å². The summed E-state index contributed by atoms with van der Waals surface area (Å²) in [6, 6.07) is 18.7. The zero-order valence-corrected chi connectivity index (χ0v) is 17.1. The standard InChI is InChI=1S/C24H23FN2O4/c1-29-21-8-5-16(6-9-21)11-20(12-17-7-10-22-23(13-17)31-15-30-22)27-24(28)26-19-4-2-3-18(25)14-19/h2-10,13-14,20H,11-12,15H2,1H3,(H2,26,27,28)/t20-/m0/s1. The molecule has 4 rings (SSSR count). The second kappa shape index (κ2) is 9.38. The summed E-state index contributed by atoms with van der Waals surface area (Å²) in [4.78, 5) is 12.6. The van der Waals surface area contributed by atoms with Crippen LogP contribution in [0, 0.1) is 5.82 Å². The molecule has 0 radical (unpaired) electrons. The largest absolute Gasteiger partial charge is 0.497 e. The van der Waals surface area contributed by atoms with Crippen molar-refractivity contribution >= 4 is 11.7 Å². The van der Waals surface area contributed by atoms with E-state index in [1.165, 1.54) is 12.1 Å². The second-order valence-electron chi connectivity index (χ2n) is 7.25. The van der Waals surface area contributed by atoms with Crippen molar-refractivity contribution in [2.24, 2.45) is 0 Å². The van der Waals surface area contributed by atoms with Crippen LogP contribution in [0.15, 0.2) is 66.7 Å². The number of ether oxygens (including phenoxy) is 3. The van der Waals surface area contributed by atoms with Crippen LogP contribution in [-0.2, 0) is 12.8 Å². The average molecular weight is 422 g/mol. The Morgan fingerprint density at radius 3 is 2.52 bits per heavy atom. The van der Waals surface area contributed by atoms with Crippen LogP contribution in [0.5, 0.6) is 17.2 Å². The van der Waals surface area contributed by atoms with Crippen LogP contribution in [0.4, 0.5) is 14.9 Å². The molecular weight excluding hydrogens is 399 g/mol. The Balaban J connectivity index is 1.48. The molecule has 2 amide bonds. The van der Waals surface area contributed by atoms with Gasteiger partial charge in [-0.15, -0.1) is 0 Å². The summed E-state index contributed by atoms with van der Waals surface area (Å²) in [5.41, 5.74) is 2.45. The van der Waals surface area contributed by atoms with E-state index >= 15 is 0 Å². The molecule has 2 N–H and O–H groups in total. The smallest absolute Gasteiger partial charge is 0.319 e. The van der Waals surface area contributed by atoms with Crippen molar-refractivity contribution in [3.8, 4) is 17.2 Å². The number of hydrogen-bond donors (Lipinski definition) is 2. The molecule has 0 unspecified atom stereocenters. The highest BCUT2D eigenvalue weighted by Crippen LogP contribution is 2.33. The maximum atomic E-state index is 13.4. The molecule has 0 saturated heterocycles. The molecule has 7 heteroatoms. The van der Waals surface area contributed by atoms with E-state index in [1.807, 2.05) is 42.5 Å². The van der Waals surface area contributed by atoms with Crippen LogP contribution in [0.3, 0.4) is 0 Å². The Morgan fingerprint density at radius 2 is 1.74 bits per heavy atom. The number of carbonyl (C=O) groups excluding carboxylic acids is 1. The zero-order valence-electron chi connectivity index (χ0n) is 17.1. The van der Waals surface area contributed by atoms with Gasteiger partial charge in [0, 0.05) is 11.7 Å². The monoisotopic (exact) mass is 422 g/mol. The first kappa shape index (κ1) is 20.5. The minimum atomic E-state index is -0.409. The summed E-state index contributed by atoms with van der Waals surface area (Å²) in [6.45, 7) is 0.211. The molecule has 0 aliphatic carbocycles. The van der Waals surface area contributed by atoms with E-state index in [4.69, 9.17) is 14.2 Å². The van der Waals surface area contributed by atoms with Crippen molar-refractivity contribution in [1.82, 2.24) is 5.32 Å². The van der Waals surface area contributed by atoms with Gasteiger partial charge in [-0.3, -0.25) is 0 Å². The maximum absolute atomic E-state index is 13.4. The van der Waals surface area contributed by atoms with Crippen LogP contribution in [0.2, 0.25) is 0 Å². The van der Waals surface area contributed by atoms with E-state index in [1.54, 1.807) is 19.2 Å². The van der Waals surface area contributed by atoms with E-state index in [2.05, 4.69) is 10.6 Å². The van der Waals surface area contributed by atoms with E-state index in [9.17, 15) is 9.18 Å². The van der Waals surface area contributed by atoms with E-state index in [0.29, 0.717) is 30.0 Å². The lowest BCUT2D eigenvalue weighted by molar-refractivity contribution is 0.174. The molecule has 3 aromatic rings. The first-order chi connectivity index (χ1) is 15.1. The van der Waals surface area contributed by atoms with Crippen molar-refractivity contribution in [3.05, 3.63) is 83.7 Å². The Morgan fingerprint density at radius 1 is 1.00 bits per heavy atom. The number of hydrogen-bond acceptors (Lipinski definition) is 4. The summed E-state index contributed by atoms with van der Waals surface area (Å²) in [5, 5.41) is 5.69. The Bertz CT molecular complexity index is 1060. The minimum Gasteiger partial charge on any atom is -0.497 e. The van der Waals surface area contributed by atoms with Gasteiger partial charge in [0.05, 0.1) is 7.11 Å². The van der Waals surface area contributed by atoms with Gasteiger partial charge < -0.3 is 24.8 Å². The Hall–Kier alpha value is -3.74. The highest BCUT2D eigenvalue weighted by molar-refractivity contribution is 5.89. The quantitative estimate of drug-likeness (QED) is 0.587. The van der Waals surface area contributed by atoms with Gasteiger partial charge in [-0.05, 0) is 66.4 Å². The number of urea groups is 1. The van der Waals surface area contributed by atoms with Gasteiger partial charge in [0.1, 0.15) is 11.6 Å². The van der Waals surface area contributed by atoms with Crippen molar-refractivity contribution in [1.29, 1.82) is 0 Å². The van der Waals surface area contributed by atoms with Crippen molar-refractivity contribution in [3.63, 3.8) is 0 Å². The van der Waals surface area contributed by atoms with Gasteiger partial charge in [-0.25, -0.2) is 9.18 Å². The number of amides is 2. The molecule has 0 spiro atoms. The molecule has 1 aliphatic rings. The fourth-order valence-corrected chi connectivity index (χ4v) is 3.49. The number of rotatable bonds is 7. The first-order valence-corrected chi connectivity index (χ1v) is 9.93. The number of carbonyl (C=O) groups is 1. The molecule has 1 aliphatic heterocycles. The predicted molar refractivity (Wildman–Crippen MR) is 115 cm³/mol. The van der Waals surface area contributed by atoms with Crippen molar-refractivity contribution in [2.45, 2.75) is 18.9 Å². The third kappa shape index (κ3) is 5.45. The molecule has 0 aromatic heterocycles. The Labute approximate surface area is 179 Å². The van der Waals surface area contributed by atoms with Gasteiger partial charge in [0.15, 0.2) is 11.5 Å². The molecule has 6 nitrogen and oxygen atoms in total. The summed E-state index contributed by atoms with van der Waals surface area (Å²) in [5.74, 6) is 1.78. The number of methoxy groups -OCH3 is 1. The number of benzene rings is 3. The molecule has 31 heavy (non-hydrogen) atoms. The summed E-state index contributed by atoms with van der Waals surface area (Å²) < 4.78 is 29.5. The summed E-state index contributed by atoms with van der Waals surface area (Å²) in [6.07, 6.45) is 1.19. The van der Waals surface area contributed by atoms with Gasteiger partial charge in [0.2, 0.25) is 6.79 Å². The van der Waals surface area contributed by atoms with Gasteiger partial charge in [-0.1, -0.05) is 24.3 Å². The lowest BCUT2D eigenvalue weighted by atomic mass is 9.98. The highest BCUT2D eigenvalue weighted by Gasteiger charge is 2.18. The molecule has 1 heterocycles. The third-order valence-corrected chi connectivity index (χ3v) is 4.98. The summed E-state index contributed by atoms with van der Waals surface area (Å²) >= 11 is 0. The molecule has 1 atom stereocenters. The molecule has 0 fully saturated rings. The molecule has 0 bridgehead atoms. The predicted octanol–water partition coefficient (Wildman–Crippen LogP) is 4.54. The molecule has 3 aromatic carbocycles. The lowest BCUT2D eigenvalue weighted by Crippen LogP contribution is -2.40. The first-order valence-electron chi connectivity index (χ1n) is 9.93. The Kier molecular flexibility index (Phi) is 6.21. The van der Waals surface area contributed by atoms with E-state index in [-0.39, 0.29) is 12.8 Å². The van der Waals surface area contributed by atoms with Crippen LogP contribution < -0.4 is 24.8 Å². The van der Waals surface area contributed by atoms with Crippen LogP contribution in [0.1, 0.15) is 11.1 Å².